The molecule has 4 saturated carbocycles. The minimum absolute atomic E-state index is 0.0133. The third-order valence-electron chi connectivity index (χ3n) is 10.7. The summed E-state index contributed by atoms with van der Waals surface area (Å²) < 4.78 is 12.1. The molecule has 176 valence electrons. The fourth-order valence-corrected chi connectivity index (χ4v) is 8.72. The zero-order valence-corrected chi connectivity index (χ0v) is 20.1. The Kier molecular flexibility index (Phi) is 6.53. The Labute approximate surface area is 189 Å². The van der Waals surface area contributed by atoms with E-state index in [9.17, 15) is 4.79 Å². The molecule has 1 saturated heterocycles. The maximum atomic E-state index is 12.6. The van der Waals surface area contributed by atoms with Gasteiger partial charge in [0.05, 0.1) is 25.9 Å². The Bertz CT molecular complexity index is 646. The highest BCUT2D eigenvalue weighted by atomic mass is 16.5. The van der Waals surface area contributed by atoms with E-state index in [2.05, 4.69) is 18.7 Å². The van der Waals surface area contributed by atoms with Gasteiger partial charge in [-0.25, -0.2) is 0 Å². The molecule has 0 radical (unpaired) electrons. The molecule has 0 bridgehead atoms. The first-order valence-corrected chi connectivity index (χ1v) is 13.5. The third kappa shape index (κ3) is 4.15. The number of ether oxygens (including phenoxy) is 2. The van der Waals surface area contributed by atoms with Crippen molar-refractivity contribution in [2.75, 3.05) is 39.5 Å². The Morgan fingerprint density at radius 3 is 2.61 bits per heavy atom. The Balaban J connectivity index is 1.08. The van der Waals surface area contributed by atoms with Crippen LogP contribution in [0.5, 0.6) is 0 Å². The van der Waals surface area contributed by atoms with Crippen LogP contribution < -0.4 is 0 Å². The molecule has 5 rings (SSSR count). The fraction of sp³-hybridized carbons (Fsp3) is 0.963. The number of hydrogen-bond donors (Lipinski definition) is 0. The molecule has 4 aliphatic carbocycles. The van der Waals surface area contributed by atoms with E-state index in [4.69, 9.17) is 9.47 Å². The lowest BCUT2D eigenvalue weighted by molar-refractivity contribution is -0.146. The molecule has 4 heteroatoms. The smallest absolute Gasteiger partial charge is 0.139 e. The van der Waals surface area contributed by atoms with Gasteiger partial charge in [-0.15, -0.1) is 0 Å². The highest BCUT2D eigenvalue weighted by molar-refractivity contribution is 5.87. The van der Waals surface area contributed by atoms with E-state index < -0.39 is 0 Å². The number of ketones is 1. The van der Waals surface area contributed by atoms with Gasteiger partial charge in [0.1, 0.15) is 5.78 Å². The van der Waals surface area contributed by atoms with Crippen molar-refractivity contribution in [3.05, 3.63) is 0 Å². The Hall–Kier alpha value is -0.450. The molecule has 4 unspecified atom stereocenters. The van der Waals surface area contributed by atoms with Gasteiger partial charge < -0.3 is 14.4 Å². The topological polar surface area (TPSA) is 38.8 Å². The molecule has 5 aliphatic rings. The van der Waals surface area contributed by atoms with Crippen LogP contribution in [-0.4, -0.2) is 56.2 Å². The van der Waals surface area contributed by atoms with E-state index in [0.717, 1.165) is 57.0 Å². The maximum Gasteiger partial charge on any atom is 0.139 e. The molecule has 1 heterocycles. The molecule has 7 atom stereocenters. The van der Waals surface area contributed by atoms with Crippen LogP contribution in [0.3, 0.4) is 0 Å². The molecule has 0 aromatic heterocycles. The van der Waals surface area contributed by atoms with Crippen molar-refractivity contribution >= 4 is 5.78 Å². The summed E-state index contributed by atoms with van der Waals surface area (Å²) in [4.78, 5) is 15.1. The molecule has 4 nitrogen and oxygen atoms in total. The van der Waals surface area contributed by atoms with Gasteiger partial charge in [0.2, 0.25) is 0 Å². The first kappa shape index (κ1) is 22.3. The predicted molar refractivity (Wildman–Crippen MR) is 123 cm³/mol. The summed E-state index contributed by atoms with van der Waals surface area (Å²) in [7, 11) is 0. The first-order valence-electron chi connectivity index (χ1n) is 13.5. The number of hydrogen-bond acceptors (Lipinski definition) is 4. The molecule has 1 aliphatic heterocycles. The summed E-state index contributed by atoms with van der Waals surface area (Å²) in [5.41, 5.74) is 0.488. The first-order chi connectivity index (χ1) is 15.0. The molecule has 5 fully saturated rings. The SMILES string of the molecule is C[C@]12CC[C@H](OCCOCCN3CCCC3)CC1CCC1C2CC[C@]2(C)C(=O)CCC12. The zero-order valence-electron chi connectivity index (χ0n) is 20.1. The number of carbonyl (C=O) groups excluding carboxylic acids is 1. The van der Waals surface area contributed by atoms with Crippen molar-refractivity contribution in [1.82, 2.24) is 4.90 Å². The van der Waals surface area contributed by atoms with Gasteiger partial charge >= 0.3 is 0 Å². The average molecular weight is 432 g/mol. The van der Waals surface area contributed by atoms with Crippen LogP contribution in [0.25, 0.3) is 0 Å². The summed E-state index contributed by atoms with van der Waals surface area (Å²) in [5, 5.41) is 0. The minimum atomic E-state index is 0.0133. The van der Waals surface area contributed by atoms with Crippen LogP contribution in [-0.2, 0) is 14.3 Å². The molecule has 0 amide bonds. The second-order valence-corrected chi connectivity index (χ2v) is 12.0. The summed E-state index contributed by atoms with van der Waals surface area (Å²) >= 11 is 0. The summed E-state index contributed by atoms with van der Waals surface area (Å²) in [6.07, 6.45) is 14.1. The van der Waals surface area contributed by atoms with Crippen molar-refractivity contribution < 1.29 is 14.3 Å². The molecule has 31 heavy (non-hydrogen) atoms. The van der Waals surface area contributed by atoms with Gasteiger partial charge in [-0.05, 0) is 106 Å². The van der Waals surface area contributed by atoms with E-state index in [1.54, 1.807) is 0 Å². The molecule has 0 aromatic carbocycles. The quantitative estimate of drug-likeness (QED) is 0.526. The van der Waals surface area contributed by atoms with Gasteiger partial charge in [0.25, 0.3) is 0 Å². The highest BCUT2D eigenvalue weighted by Gasteiger charge is 2.60. The summed E-state index contributed by atoms with van der Waals surface area (Å²) in [6, 6.07) is 0. The lowest BCUT2D eigenvalue weighted by Crippen LogP contribution is -2.54. The van der Waals surface area contributed by atoms with E-state index >= 15 is 0 Å². The molecular weight excluding hydrogens is 386 g/mol. The van der Waals surface area contributed by atoms with Gasteiger partial charge in [-0.2, -0.15) is 0 Å². The average Bonchev–Trinajstić information content (AvgIpc) is 3.38. The number of Topliss-reactive ketones (excluding diaryl/α,β-unsaturated/α-hetero) is 1. The van der Waals surface area contributed by atoms with Crippen molar-refractivity contribution in [2.45, 2.75) is 90.6 Å². The van der Waals surface area contributed by atoms with E-state index in [1.165, 1.54) is 70.9 Å². The fourth-order valence-electron chi connectivity index (χ4n) is 8.72. The predicted octanol–water partition coefficient (Wildman–Crippen LogP) is 5.10. The third-order valence-corrected chi connectivity index (χ3v) is 10.7. The number of rotatable bonds is 7. The lowest BCUT2D eigenvalue weighted by Gasteiger charge is -2.60. The van der Waals surface area contributed by atoms with Crippen molar-refractivity contribution in [3.63, 3.8) is 0 Å². The monoisotopic (exact) mass is 431 g/mol. The summed E-state index contributed by atoms with van der Waals surface area (Å²) in [5.74, 6) is 3.69. The number of likely N-dealkylation sites (tertiary alicyclic amines) is 1. The minimum Gasteiger partial charge on any atom is -0.378 e. The second-order valence-electron chi connectivity index (χ2n) is 12.0. The van der Waals surface area contributed by atoms with E-state index in [1.807, 2.05) is 0 Å². The molecule has 0 N–H and O–H groups in total. The van der Waals surface area contributed by atoms with Crippen molar-refractivity contribution in [1.29, 1.82) is 0 Å². The second kappa shape index (κ2) is 9.06. The van der Waals surface area contributed by atoms with Crippen molar-refractivity contribution in [3.8, 4) is 0 Å². The van der Waals surface area contributed by atoms with Crippen LogP contribution in [0, 0.1) is 34.5 Å². The molecule has 0 aromatic rings. The van der Waals surface area contributed by atoms with Crippen LogP contribution in [0.15, 0.2) is 0 Å². The number of fused-ring (bicyclic) bond motifs is 5. The number of carbonyl (C=O) groups is 1. The standard InChI is InChI=1S/C27H45NO3/c1-26-11-9-21(31-18-17-30-16-15-28-13-3-4-14-28)19-20(26)5-6-22-23-7-8-25(29)27(23,2)12-10-24(22)26/h20-24H,3-19H2,1-2H3/t20?,21-,22?,23?,24?,26-,27-/m0/s1. The lowest BCUT2D eigenvalue weighted by atomic mass is 9.45. The van der Waals surface area contributed by atoms with Crippen LogP contribution in [0.1, 0.15) is 84.5 Å². The van der Waals surface area contributed by atoms with E-state index in [0.29, 0.717) is 23.2 Å². The molecular formula is C27H45NO3. The maximum absolute atomic E-state index is 12.6. The van der Waals surface area contributed by atoms with E-state index in [-0.39, 0.29) is 5.41 Å². The van der Waals surface area contributed by atoms with Crippen LogP contribution in [0.2, 0.25) is 0 Å². The van der Waals surface area contributed by atoms with Crippen molar-refractivity contribution in [2.24, 2.45) is 34.5 Å². The zero-order chi connectivity index (χ0) is 21.5. The summed E-state index contributed by atoms with van der Waals surface area (Å²) in [6.45, 7) is 10.8. The van der Waals surface area contributed by atoms with Gasteiger partial charge in [0, 0.05) is 18.4 Å². The Morgan fingerprint density at radius 1 is 0.935 bits per heavy atom. The van der Waals surface area contributed by atoms with Gasteiger partial charge in [-0.3, -0.25) is 4.79 Å². The largest absolute Gasteiger partial charge is 0.378 e. The normalized spacial score (nSPS) is 45.4. The number of nitrogens with zero attached hydrogens (tertiary/aromatic N) is 1. The van der Waals surface area contributed by atoms with Gasteiger partial charge in [-0.1, -0.05) is 13.8 Å². The molecule has 0 spiro atoms. The van der Waals surface area contributed by atoms with Gasteiger partial charge in [0.15, 0.2) is 0 Å². The van der Waals surface area contributed by atoms with Crippen LogP contribution >= 0.6 is 0 Å². The highest BCUT2D eigenvalue weighted by Crippen LogP contribution is 2.65. The van der Waals surface area contributed by atoms with Crippen LogP contribution in [0.4, 0.5) is 0 Å². The Morgan fingerprint density at radius 2 is 1.77 bits per heavy atom.